The summed E-state index contributed by atoms with van der Waals surface area (Å²) in [7, 11) is 3.86. The zero-order valence-corrected chi connectivity index (χ0v) is 13.7. The second kappa shape index (κ2) is 6.60. The number of aryl methyl sites for hydroxylation is 1. The highest BCUT2D eigenvalue weighted by Gasteiger charge is 2.22. The maximum atomic E-state index is 12.4. The Morgan fingerprint density at radius 1 is 1.41 bits per heavy atom. The molecule has 22 heavy (non-hydrogen) atoms. The van der Waals surface area contributed by atoms with Crippen LogP contribution in [0.5, 0.6) is 0 Å². The van der Waals surface area contributed by atoms with Gasteiger partial charge in [-0.25, -0.2) is 4.98 Å². The average molecular weight is 302 g/mol. The van der Waals surface area contributed by atoms with Gasteiger partial charge in [-0.3, -0.25) is 4.79 Å². The largest absolute Gasteiger partial charge is 0.363 e. The maximum Gasteiger partial charge on any atom is 0.257 e. The summed E-state index contributed by atoms with van der Waals surface area (Å²) in [5.74, 6) is 1.43. The van der Waals surface area contributed by atoms with Crippen molar-refractivity contribution in [2.45, 2.75) is 33.2 Å². The molecule has 2 aromatic rings. The molecule has 0 atom stereocenters. The smallest absolute Gasteiger partial charge is 0.257 e. The van der Waals surface area contributed by atoms with Crippen molar-refractivity contribution >= 4 is 11.7 Å². The fourth-order valence-corrected chi connectivity index (χ4v) is 2.14. The standard InChI is InChI=1S/C16H22N4O2/c1-10(2)15-14(11(3)19-22-15)16(21)18-9-12-6-7-17-13(8-12)20(4)5/h6-8,10H,9H2,1-5H3,(H,18,21). The Kier molecular flexibility index (Phi) is 4.80. The molecule has 0 aromatic carbocycles. The fourth-order valence-electron chi connectivity index (χ4n) is 2.14. The number of carbonyl (C=O) groups excluding carboxylic acids is 1. The number of aromatic nitrogens is 2. The summed E-state index contributed by atoms with van der Waals surface area (Å²) >= 11 is 0. The minimum absolute atomic E-state index is 0.114. The minimum atomic E-state index is -0.161. The van der Waals surface area contributed by atoms with Crippen LogP contribution in [0.25, 0.3) is 0 Å². The van der Waals surface area contributed by atoms with Crippen LogP contribution in [-0.4, -0.2) is 30.1 Å². The summed E-state index contributed by atoms with van der Waals surface area (Å²) < 4.78 is 5.25. The molecule has 0 aliphatic carbocycles. The van der Waals surface area contributed by atoms with Gasteiger partial charge in [0.1, 0.15) is 11.4 Å². The highest BCUT2D eigenvalue weighted by molar-refractivity contribution is 5.96. The first-order valence-corrected chi connectivity index (χ1v) is 7.26. The van der Waals surface area contributed by atoms with Crippen LogP contribution in [-0.2, 0) is 6.54 Å². The van der Waals surface area contributed by atoms with E-state index in [4.69, 9.17) is 4.52 Å². The summed E-state index contributed by atoms with van der Waals surface area (Å²) in [5, 5.41) is 6.82. The molecule has 0 aliphatic rings. The molecular weight excluding hydrogens is 280 g/mol. The number of amides is 1. The fraction of sp³-hybridized carbons (Fsp3) is 0.438. The number of hydrogen-bond acceptors (Lipinski definition) is 5. The van der Waals surface area contributed by atoms with Crippen LogP contribution in [0.1, 0.15) is 47.1 Å². The van der Waals surface area contributed by atoms with Crippen molar-refractivity contribution in [2.75, 3.05) is 19.0 Å². The lowest BCUT2D eigenvalue weighted by atomic mass is 10.0. The number of rotatable bonds is 5. The Hall–Kier alpha value is -2.37. The predicted octanol–water partition coefficient (Wildman–Crippen LogP) is 2.50. The monoisotopic (exact) mass is 302 g/mol. The van der Waals surface area contributed by atoms with Crippen LogP contribution in [0, 0.1) is 6.92 Å². The summed E-state index contributed by atoms with van der Waals surface area (Å²) in [5.41, 5.74) is 2.15. The predicted molar refractivity (Wildman–Crippen MR) is 85.1 cm³/mol. The van der Waals surface area contributed by atoms with Gasteiger partial charge in [0.2, 0.25) is 0 Å². The van der Waals surface area contributed by atoms with Crippen molar-refractivity contribution < 1.29 is 9.32 Å². The van der Waals surface area contributed by atoms with E-state index < -0.39 is 0 Å². The van der Waals surface area contributed by atoms with E-state index in [2.05, 4.69) is 15.5 Å². The second-order valence-electron chi connectivity index (χ2n) is 5.76. The molecular formula is C16H22N4O2. The third-order valence-electron chi connectivity index (χ3n) is 3.36. The zero-order valence-electron chi connectivity index (χ0n) is 13.7. The quantitative estimate of drug-likeness (QED) is 0.919. The number of carbonyl (C=O) groups is 1. The molecule has 2 heterocycles. The van der Waals surface area contributed by atoms with E-state index in [-0.39, 0.29) is 11.8 Å². The van der Waals surface area contributed by atoms with Gasteiger partial charge in [0.15, 0.2) is 5.76 Å². The van der Waals surface area contributed by atoms with Crippen LogP contribution < -0.4 is 10.2 Å². The summed E-state index contributed by atoms with van der Waals surface area (Å²) in [6.45, 7) is 6.16. The Balaban J connectivity index is 2.10. The molecule has 0 bridgehead atoms. The van der Waals surface area contributed by atoms with E-state index in [1.54, 1.807) is 13.1 Å². The van der Waals surface area contributed by atoms with Crippen LogP contribution in [0.3, 0.4) is 0 Å². The normalized spacial score (nSPS) is 10.8. The lowest BCUT2D eigenvalue weighted by molar-refractivity contribution is 0.0948. The summed E-state index contributed by atoms with van der Waals surface area (Å²) in [4.78, 5) is 18.6. The molecule has 1 N–H and O–H groups in total. The summed E-state index contributed by atoms with van der Waals surface area (Å²) in [6, 6.07) is 3.83. The summed E-state index contributed by atoms with van der Waals surface area (Å²) in [6.07, 6.45) is 1.74. The van der Waals surface area contributed by atoms with Gasteiger partial charge in [-0.05, 0) is 24.6 Å². The molecule has 0 saturated heterocycles. The van der Waals surface area contributed by atoms with E-state index in [9.17, 15) is 4.79 Å². The minimum Gasteiger partial charge on any atom is -0.363 e. The van der Waals surface area contributed by atoms with Gasteiger partial charge in [-0.2, -0.15) is 0 Å². The van der Waals surface area contributed by atoms with Crippen molar-refractivity contribution in [3.8, 4) is 0 Å². The van der Waals surface area contributed by atoms with Gasteiger partial charge in [0, 0.05) is 32.8 Å². The van der Waals surface area contributed by atoms with E-state index in [1.807, 2.05) is 45.0 Å². The van der Waals surface area contributed by atoms with Crippen molar-refractivity contribution in [3.05, 3.63) is 40.9 Å². The van der Waals surface area contributed by atoms with Gasteiger partial charge in [0.25, 0.3) is 5.91 Å². The molecule has 2 aromatic heterocycles. The molecule has 0 saturated carbocycles. The first kappa shape index (κ1) is 16.0. The SMILES string of the molecule is Cc1noc(C(C)C)c1C(=O)NCc1ccnc(N(C)C)c1. The van der Waals surface area contributed by atoms with Crippen molar-refractivity contribution in [1.82, 2.24) is 15.5 Å². The van der Waals surface area contributed by atoms with E-state index in [1.165, 1.54) is 0 Å². The highest BCUT2D eigenvalue weighted by atomic mass is 16.5. The Bertz CT molecular complexity index is 662. The first-order chi connectivity index (χ1) is 10.4. The van der Waals surface area contributed by atoms with Crippen LogP contribution in [0.15, 0.2) is 22.9 Å². The van der Waals surface area contributed by atoms with E-state index in [0.29, 0.717) is 23.6 Å². The van der Waals surface area contributed by atoms with Crippen LogP contribution in [0.2, 0.25) is 0 Å². The second-order valence-corrected chi connectivity index (χ2v) is 5.76. The lowest BCUT2D eigenvalue weighted by Crippen LogP contribution is -2.24. The average Bonchev–Trinajstić information content (AvgIpc) is 2.87. The molecule has 0 radical (unpaired) electrons. The molecule has 6 nitrogen and oxygen atoms in total. The molecule has 2 rings (SSSR count). The number of hydrogen-bond donors (Lipinski definition) is 1. The van der Waals surface area contributed by atoms with Crippen molar-refractivity contribution in [1.29, 1.82) is 0 Å². The van der Waals surface area contributed by atoms with Gasteiger partial charge in [-0.1, -0.05) is 19.0 Å². The Morgan fingerprint density at radius 2 is 2.14 bits per heavy atom. The maximum absolute atomic E-state index is 12.4. The molecule has 6 heteroatoms. The molecule has 0 spiro atoms. The molecule has 118 valence electrons. The van der Waals surface area contributed by atoms with Gasteiger partial charge >= 0.3 is 0 Å². The highest BCUT2D eigenvalue weighted by Crippen LogP contribution is 2.22. The zero-order chi connectivity index (χ0) is 16.3. The van der Waals surface area contributed by atoms with Gasteiger partial charge in [0.05, 0.1) is 5.69 Å². The third-order valence-corrected chi connectivity index (χ3v) is 3.36. The number of pyridine rings is 1. The van der Waals surface area contributed by atoms with E-state index >= 15 is 0 Å². The van der Waals surface area contributed by atoms with Crippen molar-refractivity contribution in [2.24, 2.45) is 0 Å². The van der Waals surface area contributed by atoms with Crippen LogP contribution >= 0.6 is 0 Å². The number of nitrogens with one attached hydrogen (secondary N) is 1. The van der Waals surface area contributed by atoms with Crippen molar-refractivity contribution in [3.63, 3.8) is 0 Å². The molecule has 1 amide bonds. The Labute approximate surface area is 130 Å². The lowest BCUT2D eigenvalue weighted by Gasteiger charge is -2.12. The van der Waals surface area contributed by atoms with Crippen LogP contribution in [0.4, 0.5) is 5.82 Å². The number of anilines is 1. The molecule has 0 aliphatic heterocycles. The molecule has 0 fully saturated rings. The number of nitrogens with zero attached hydrogens (tertiary/aromatic N) is 3. The molecule has 0 unspecified atom stereocenters. The Morgan fingerprint density at radius 3 is 2.77 bits per heavy atom. The topological polar surface area (TPSA) is 71.3 Å². The van der Waals surface area contributed by atoms with Gasteiger partial charge in [-0.15, -0.1) is 0 Å². The first-order valence-electron chi connectivity index (χ1n) is 7.26. The van der Waals surface area contributed by atoms with Gasteiger partial charge < -0.3 is 14.7 Å². The van der Waals surface area contributed by atoms with E-state index in [0.717, 1.165) is 11.4 Å². The third kappa shape index (κ3) is 3.44.